The highest BCUT2D eigenvalue weighted by molar-refractivity contribution is 5.53. The van der Waals surface area contributed by atoms with Crippen molar-refractivity contribution in [1.82, 2.24) is 0 Å². The second-order valence-corrected chi connectivity index (χ2v) is 4.45. The van der Waals surface area contributed by atoms with E-state index in [-0.39, 0.29) is 11.7 Å². The lowest BCUT2D eigenvalue weighted by molar-refractivity contribution is -0.137. The highest BCUT2D eigenvalue weighted by Gasteiger charge is 2.33. The summed E-state index contributed by atoms with van der Waals surface area (Å²) in [5.74, 6) is 0.293. The summed E-state index contributed by atoms with van der Waals surface area (Å²) in [6.07, 6.45) is -3.51. The van der Waals surface area contributed by atoms with Gasteiger partial charge in [-0.2, -0.15) is 13.2 Å². The summed E-state index contributed by atoms with van der Waals surface area (Å²) in [6.45, 7) is 5.96. The monoisotopic (exact) mass is 245 g/mol. The Morgan fingerprint density at radius 3 is 2.24 bits per heavy atom. The molecule has 1 rings (SSSR count). The van der Waals surface area contributed by atoms with Gasteiger partial charge < -0.3 is 5.32 Å². The number of anilines is 1. The number of hydrogen-bond donors (Lipinski definition) is 1. The molecule has 0 radical (unpaired) electrons. The maximum atomic E-state index is 12.8. The second-order valence-electron chi connectivity index (χ2n) is 4.45. The molecule has 1 nitrogen and oxygen atoms in total. The highest BCUT2D eigenvalue weighted by Crippen LogP contribution is 2.35. The van der Waals surface area contributed by atoms with Gasteiger partial charge in [0.25, 0.3) is 0 Å². The van der Waals surface area contributed by atoms with Crippen LogP contribution in [-0.4, -0.2) is 6.04 Å². The predicted molar refractivity (Wildman–Crippen MR) is 64.0 cm³/mol. The van der Waals surface area contributed by atoms with Crippen molar-refractivity contribution in [2.24, 2.45) is 5.92 Å². The van der Waals surface area contributed by atoms with Crippen molar-refractivity contribution in [1.29, 1.82) is 0 Å². The summed E-state index contributed by atoms with van der Waals surface area (Å²) in [5, 5.41) is 2.98. The number of rotatable bonds is 4. The van der Waals surface area contributed by atoms with Crippen LogP contribution in [0.15, 0.2) is 24.3 Å². The Morgan fingerprint density at radius 1 is 1.18 bits per heavy atom. The van der Waals surface area contributed by atoms with Crippen LogP contribution in [0.5, 0.6) is 0 Å². The van der Waals surface area contributed by atoms with Crippen LogP contribution in [0.1, 0.15) is 32.8 Å². The minimum Gasteiger partial charge on any atom is -0.382 e. The first-order chi connectivity index (χ1) is 7.86. The molecule has 0 aliphatic carbocycles. The van der Waals surface area contributed by atoms with Crippen LogP contribution in [0.3, 0.4) is 0 Å². The van der Waals surface area contributed by atoms with Crippen LogP contribution >= 0.6 is 0 Å². The highest BCUT2D eigenvalue weighted by atomic mass is 19.4. The van der Waals surface area contributed by atoms with Gasteiger partial charge in [-0.25, -0.2) is 0 Å². The maximum Gasteiger partial charge on any atom is 0.418 e. The zero-order valence-electron chi connectivity index (χ0n) is 10.3. The molecule has 0 bridgehead atoms. The van der Waals surface area contributed by atoms with E-state index in [0.29, 0.717) is 5.92 Å². The Kier molecular flexibility index (Phi) is 4.43. The first-order valence-corrected chi connectivity index (χ1v) is 5.79. The van der Waals surface area contributed by atoms with Crippen molar-refractivity contribution in [3.63, 3.8) is 0 Å². The zero-order chi connectivity index (χ0) is 13.1. The molecule has 17 heavy (non-hydrogen) atoms. The maximum absolute atomic E-state index is 12.8. The Hall–Kier alpha value is -1.19. The van der Waals surface area contributed by atoms with Crippen LogP contribution in [-0.2, 0) is 6.18 Å². The fourth-order valence-electron chi connectivity index (χ4n) is 1.80. The summed E-state index contributed by atoms with van der Waals surface area (Å²) in [5.41, 5.74) is -0.431. The molecule has 0 saturated carbocycles. The lowest BCUT2D eigenvalue weighted by Crippen LogP contribution is -2.26. The molecular weight excluding hydrogens is 227 g/mol. The number of benzene rings is 1. The van der Waals surface area contributed by atoms with Crippen molar-refractivity contribution < 1.29 is 13.2 Å². The molecule has 0 fully saturated rings. The predicted octanol–water partition coefficient (Wildman–Crippen LogP) is 4.55. The Bertz CT molecular complexity index is 358. The molecule has 1 unspecified atom stereocenters. The molecule has 1 aromatic rings. The number of nitrogens with one attached hydrogen (secondary N) is 1. The van der Waals surface area contributed by atoms with Crippen LogP contribution in [0.25, 0.3) is 0 Å². The van der Waals surface area contributed by atoms with E-state index in [2.05, 4.69) is 5.32 Å². The number of halogens is 3. The SMILES string of the molecule is CCC(Nc1ccccc1C(F)(F)F)C(C)C. The fourth-order valence-corrected chi connectivity index (χ4v) is 1.80. The van der Waals surface area contributed by atoms with E-state index in [0.717, 1.165) is 12.5 Å². The minimum atomic E-state index is -4.31. The normalized spacial score (nSPS) is 13.8. The average molecular weight is 245 g/mol. The van der Waals surface area contributed by atoms with Crippen LogP contribution in [0, 0.1) is 5.92 Å². The number of para-hydroxylation sites is 1. The van der Waals surface area contributed by atoms with Crippen molar-refractivity contribution in [2.45, 2.75) is 39.4 Å². The molecule has 0 saturated heterocycles. The average Bonchev–Trinajstić information content (AvgIpc) is 2.24. The van der Waals surface area contributed by atoms with Gasteiger partial charge in [-0.05, 0) is 24.5 Å². The molecule has 0 amide bonds. The molecule has 0 aliphatic heterocycles. The summed E-state index contributed by atoms with van der Waals surface area (Å²) in [4.78, 5) is 0. The summed E-state index contributed by atoms with van der Waals surface area (Å²) < 4.78 is 38.3. The van der Waals surface area contributed by atoms with Crippen molar-refractivity contribution in [3.05, 3.63) is 29.8 Å². The third-order valence-electron chi connectivity index (χ3n) is 2.82. The molecule has 0 heterocycles. The standard InChI is InChI=1S/C13H18F3N/c1-4-11(9(2)3)17-12-8-6-5-7-10(12)13(14,15)16/h5-9,11,17H,4H2,1-3H3. The molecule has 1 N–H and O–H groups in total. The fraction of sp³-hybridized carbons (Fsp3) is 0.538. The van der Waals surface area contributed by atoms with Crippen molar-refractivity contribution in [2.75, 3.05) is 5.32 Å². The summed E-state index contributed by atoms with van der Waals surface area (Å²) in [7, 11) is 0. The Balaban J connectivity index is 2.98. The quantitative estimate of drug-likeness (QED) is 0.820. The third kappa shape index (κ3) is 3.65. The van der Waals surface area contributed by atoms with Gasteiger partial charge in [-0.3, -0.25) is 0 Å². The number of alkyl halides is 3. The van der Waals surface area contributed by atoms with Gasteiger partial charge >= 0.3 is 6.18 Å². The van der Waals surface area contributed by atoms with Crippen LogP contribution < -0.4 is 5.32 Å². The summed E-state index contributed by atoms with van der Waals surface area (Å²) in [6, 6.07) is 5.66. The molecule has 0 spiro atoms. The van der Waals surface area contributed by atoms with Crippen LogP contribution in [0.2, 0.25) is 0 Å². The van der Waals surface area contributed by atoms with Gasteiger partial charge in [0, 0.05) is 11.7 Å². The molecular formula is C13H18F3N. The third-order valence-corrected chi connectivity index (χ3v) is 2.82. The molecule has 1 aromatic carbocycles. The van der Waals surface area contributed by atoms with Gasteiger partial charge in [0.05, 0.1) is 5.56 Å². The van der Waals surface area contributed by atoms with Gasteiger partial charge in [0.2, 0.25) is 0 Å². The van der Waals surface area contributed by atoms with E-state index < -0.39 is 11.7 Å². The lowest BCUT2D eigenvalue weighted by Gasteiger charge is -2.24. The van der Waals surface area contributed by atoms with Gasteiger partial charge in [-0.1, -0.05) is 32.9 Å². The van der Waals surface area contributed by atoms with Crippen molar-refractivity contribution in [3.8, 4) is 0 Å². The van der Waals surface area contributed by atoms with Crippen molar-refractivity contribution >= 4 is 5.69 Å². The zero-order valence-corrected chi connectivity index (χ0v) is 10.3. The van der Waals surface area contributed by atoms with Gasteiger partial charge in [0.15, 0.2) is 0 Å². The Labute approximate surface area is 100 Å². The molecule has 96 valence electrons. The van der Waals surface area contributed by atoms with Gasteiger partial charge in [-0.15, -0.1) is 0 Å². The lowest BCUT2D eigenvalue weighted by atomic mass is 10.0. The molecule has 1 atom stereocenters. The van der Waals surface area contributed by atoms with E-state index >= 15 is 0 Å². The van der Waals surface area contributed by atoms with E-state index in [1.165, 1.54) is 12.1 Å². The van der Waals surface area contributed by atoms with E-state index in [4.69, 9.17) is 0 Å². The topological polar surface area (TPSA) is 12.0 Å². The van der Waals surface area contributed by atoms with Crippen LogP contribution in [0.4, 0.5) is 18.9 Å². The summed E-state index contributed by atoms with van der Waals surface area (Å²) >= 11 is 0. The largest absolute Gasteiger partial charge is 0.418 e. The minimum absolute atomic E-state index is 0.0542. The van der Waals surface area contributed by atoms with E-state index in [1.807, 2.05) is 20.8 Å². The molecule has 0 aromatic heterocycles. The second kappa shape index (κ2) is 5.43. The first kappa shape index (κ1) is 13.9. The Morgan fingerprint density at radius 2 is 1.76 bits per heavy atom. The van der Waals surface area contributed by atoms with E-state index in [1.54, 1.807) is 6.07 Å². The van der Waals surface area contributed by atoms with E-state index in [9.17, 15) is 13.2 Å². The smallest absolute Gasteiger partial charge is 0.382 e. The molecule has 4 heteroatoms. The number of hydrogen-bond acceptors (Lipinski definition) is 1. The first-order valence-electron chi connectivity index (χ1n) is 5.79. The molecule has 0 aliphatic rings. The van der Waals surface area contributed by atoms with Gasteiger partial charge in [0.1, 0.15) is 0 Å².